The number of ether oxygens (including phenoxy) is 2. The van der Waals surface area contributed by atoms with Gasteiger partial charge in [0.1, 0.15) is 18.3 Å². The summed E-state index contributed by atoms with van der Waals surface area (Å²) in [4.78, 5) is 25.0. The predicted octanol–water partition coefficient (Wildman–Crippen LogP) is 0.238. The molecule has 3 heterocycles. The van der Waals surface area contributed by atoms with Crippen LogP contribution in [0.4, 0.5) is 13.6 Å². The van der Waals surface area contributed by atoms with Gasteiger partial charge in [0.2, 0.25) is 5.91 Å². The third-order valence-corrected chi connectivity index (χ3v) is 5.09. The maximum absolute atomic E-state index is 13.2. The highest BCUT2D eigenvalue weighted by Crippen LogP contribution is 2.36. The molecular formula is C17H27F2N3O5. The highest BCUT2D eigenvalue weighted by Gasteiger charge is 2.51. The molecule has 27 heavy (non-hydrogen) atoms. The summed E-state index contributed by atoms with van der Waals surface area (Å²) >= 11 is 0. The summed E-state index contributed by atoms with van der Waals surface area (Å²) in [6.45, 7) is 3.32. The van der Waals surface area contributed by atoms with Gasteiger partial charge in [-0.25, -0.2) is 13.6 Å². The van der Waals surface area contributed by atoms with Gasteiger partial charge < -0.3 is 30.1 Å². The smallest absolute Gasteiger partial charge is 0.315 e. The number of amides is 3. The minimum absolute atomic E-state index is 0.00112. The van der Waals surface area contributed by atoms with E-state index in [-0.39, 0.29) is 50.0 Å². The molecule has 10 heteroatoms. The fourth-order valence-electron chi connectivity index (χ4n) is 3.79. The number of aliphatic hydroxyl groups excluding tert-OH is 1. The van der Waals surface area contributed by atoms with Crippen LogP contribution in [0.5, 0.6) is 0 Å². The lowest BCUT2D eigenvalue weighted by Gasteiger charge is -2.22. The van der Waals surface area contributed by atoms with E-state index in [2.05, 4.69) is 10.6 Å². The number of hydrogen-bond donors (Lipinski definition) is 3. The molecule has 0 aromatic rings. The highest BCUT2D eigenvalue weighted by molar-refractivity contribution is 5.77. The largest absolute Gasteiger partial charge is 0.388 e. The lowest BCUT2D eigenvalue weighted by atomic mass is 10.1. The van der Waals surface area contributed by atoms with Crippen molar-refractivity contribution in [2.24, 2.45) is 0 Å². The van der Waals surface area contributed by atoms with Crippen molar-refractivity contribution < 1.29 is 33.0 Å². The number of hydrogen-bond acceptors (Lipinski definition) is 5. The molecule has 0 aromatic carbocycles. The van der Waals surface area contributed by atoms with E-state index < -0.39 is 36.9 Å². The molecule has 0 aromatic heterocycles. The van der Waals surface area contributed by atoms with E-state index in [9.17, 15) is 23.5 Å². The van der Waals surface area contributed by atoms with Gasteiger partial charge in [0.15, 0.2) is 0 Å². The molecule has 5 unspecified atom stereocenters. The number of nitrogens with zero attached hydrogens (tertiary/aromatic N) is 1. The molecule has 3 aliphatic heterocycles. The van der Waals surface area contributed by atoms with E-state index in [0.717, 1.165) is 4.90 Å². The Labute approximate surface area is 156 Å². The molecule has 0 radical (unpaired) electrons. The van der Waals surface area contributed by atoms with Crippen molar-refractivity contribution in [1.29, 1.82) is 0 Å². The van der Waals surface area contributed by atoms with Gasteiger partial charge in [-0.1, -0.05) is 0 Å². The van der Waals surface area contributed by atoms with Gasteiger partial charge in [-0.3, -0.25) is 4.79 Å². The fraction of sp³-hybridized carbons (Fsp3) is 0.882. The van der Waals surface area contributed by atoms with Crippen LogP contribution in [-0.2, 0) is 14.3 Å². The number of rotatable bonds is 5. The number of likely N-dealkylation sites (tertiary alicyclic amines) is 1. The maximum atomic E-state index is 13.2. The first kappa shape index (κ1) is 20.2. The molecule has 0 bridgehead atoms. The molecule has 3 amide bonds. The SMILES string of the molecule is CC(C)NC(=O)NCC1OC2CC(CC(=O)N3CCC(F)(F)C3)OC2C1O. The molecule has 0 spiro atoms. The first-order valence-corrected chi connectivity index (χ1v) is 9.33. The topological polar surface area (TPSA) is 100 Å². The minimum atomic E-state index is -2.82. The van der Waals surface area contributed by atoms with Crippen LogP contribution >= 0.6 is 0 Å². The van der Waals surface area contributed by atoms with Crippen LogP contribution in [0.3, 0.4) is 0 Å². The van der Waals surface area contributed by atoms with E-state index in [1.54, 1.807) is 0 Å². The summed E-state index contributed by atoms with van der Waals surface area (Å²) in [5, 5.41) is 15.7. The molecular weight excluding hydrogens is 364 g/mol. The minimum Gasteiger partial charge on any atom is -0.388 e. The Morgan fingerprint density at radius 3 is 2.67 bits per heavy atom. The van der Waals surface area contributed by atoms with Crippen molar-refractivity contribution in [1.82, 2.24) is 15.5 Å². The molecule has 0 saturated carbocycles. The standard InChI is InChI=1S/C17H27F2N3O5/c1-9(2)21-16(25)20-7-12-14(24)15-11(27-12)5-10(26-15)6-13(23)22-4-3-17(18,19)8-22/h9-12,14-15,24H,3-8H2,1-2H3,(H2,20,21,25). The van der Waals surface area contributed by atoms with E-state index in [4.69, 9.17) is 9.47 Å². The van der Waals surface area contributed by atoms with Crippen molar-refractivity contribution in [2.45, 2.75) is 75.6 Å². The lowest BCUT2D eigenvalue weighted by Crippen LogP contribution is -2.45. The van der Waals surface area contributed by atoms with E-state index >= 15 is 0 Å². The molecule has 3 saturated heterocycles. The number of alkyl halides is 2. The Hall–Kier alpha value is -1.52. The summed E-state index contributed by atoms with van der Waals surface area (Å²) in [6, 6.07) is -0.347. The van der Waals surface area contributed by atoms with Crippen molar-refractivity contribution >= 4 is 11.9 Å². The summed E-state index contributed by atoms with van der Waals surface area (Å²) in [5.41, 5.74) is 0. The van der Waals surface area contributed by atoms with Gasteiger partial charge in [-0.2, -0.15) is 0 Å². The summed E-state index contributed by atoms with van der Waals surface area (Å²) < 4.78 is 38.0. The Morgan fingerprint density at radius 1 is 1.33 bits per heavy atom. The van der Waals surface area contributed by atoms with Gasteiger partial charge in [-0.15, -0.1) is 0 Å². The third kappa shape index (κ3) is 4.85. The number of carbonyl (C=O) groups excluding carboxylic acids is 2. The second kappa shape index (κ2) is 7.84. The van der Waals surface area contributed by atoms with Crippen LogP contribution in [0.15, 0.2) is 0 Å². The number of halogens is 2. The molecule has 3 rings (SSSR count). The molecule has 3 fully saturated rings. The fourth-order valence-corrected chi connectivity index (χ4v) is 3.79. The molecule has 3 N–H and O–H groups in total. The lowest BCUT2D eigenvalue weighted by molar-refractivity contribution is -0.135. The van der Waals surface area contributed by atoms with Crippen LogP contribution in [0.1, 0.15) is 33.1 Å². The predicted molar refractivity (Wildman–Crippen MR) is 90.4 cm³/mol. The Morgan fingerprint density at radius 2 is 2.07 bits per heavy atom. The molecule has 3 aliphatic rings. The maximum Gasteiger partial charge on any atom is 0.315 e. The zero-order valence-corrected chi connectivity index (χ0v) is 15.5. The number of aliphatic hydroxyl groups is 1. The third-order valence-electron chi connectivity index (χ3n) is 5.09. The van der Waals surface area contributed by atoms with Crippen LogP contribution in [0, 0.1) is 0 Å². The molecule has 154 valence electrons. The van der Waals surface area contributed by atoms with Gasteiger partial charge in [0, 0.05) is 32.0 Å². The first-order chi connectivity index (χ1) is 12.6. The summed E-state index contributed by atoms with van der Waals surface area (Å²) in [7, 11) is 0. The average Bonchev–Trinajstić information content (AvgIpc) is 3.19. The van der Waals surface area contributed by atoms with Crippen LogP contribution in [0.25, 0.3) is 0 Å². The first-order valence-electron chi connectivity index (χ1n) is 9.33. The normalized spacial score (nSPS) is 34.7. The number of urea groups is 1. The van der Waals surface area contributed by atoms with Crippen LogP contribution in [-0.4, -0.2) is 84.1 Å². The van der Waals surface area contributed by atoms with E-state index in [1.807, 2.05) is 13.8 Å². The Bertz CT molecular complexity index is 577. The molecule has 0 aliphatic carbocycles. The van der Waals surface area contributed by atoms with Gasteiger partial charge in [-0.05, 0) is 13.8 Å². The number of nitrogens with one attached hydrogen (secondary N) is 2. The van der Waals surface area contributed by atoms with E-state index in [1.165, 1.54) is 0 Å². The number of carbonyl (C=O) groups is 2. The zero-order chi connectivity index (χ0) is 19.8. The molecule has 8 nitrogen and oxygen atoms in total. The highest BCUT2D eigenvalue weighted by atomic mass is 19.3. The second-order valence-corrected chi connectivity index (χ2v) is 7.80. The van der Waals surface area contributed by atoms with Crippen molar-refractivity contribution in [3.05, 3.63) is 0 Å². The van der Waals surface area contributed by atoms with Crippen LogP contribution < -0.4 is 10.6 Å². The summed E-state index contributed by atoms with van der Waals surface area (Å²) in [5.74, 6) is -3.18. The van der Waals surface area contributed by atoms with Crippen molar-refractivity contribution in [2.75, 3.05) is 19.6 Å². The van der Waals surface area contributed by atoms with Crippen molar-refractivity contribution in [3.63, 3.8) is 0 Å². The van der Waals surface area contributed by atoms with Gasteiger partial charge in [0.05, 0.1) is 25.2 Å². The Kier molecular flexibility index (Phi) is 5.87. The quantitative estimate of drug-likeness (QED) is 0.623. The zero-order valence-electron chi connectivity index (χ0n) is 15.5. The monoisotopic (exact) mass is 391 g/mol. The van der Waals surface area contributed by atoms with Crippen molar-refractivity contribution in [3.8, 4) is 0 Å². The van der Waals surface area contributed by atoms with Crippen LogP contribution in [0.2, 0.25) is 0 Å². The second-order valence-electron chi connectivity index (χ2n) is 7.80. The average molecular weight is 391 g/mol. The summed E-state index contributed by atoms with van der Waals surface area (Å²) in [6.07, 6.45) is -2.84. The van der Waals surface area contributed by atoms with E-state index in [0.29, 0.717) is 6.42 Å². The van der Waals surface area contributed by atoms with Gasteiger partial charge in [0.25, 0.3) is 5.92 Å². The Balaban J connectivity index is 1.43. The number of fused-ring (bicyclic) bond motifs is 1. The van der Waals surface area contributed by atoms with Gasteiger partial charge >= 0.3 is 6.03 Å². The molecule has 5 atom stereocenters.